The van der Waals surface area contributed by atoms with Crippen LogP contribution in [-0.4, -0.2) is 17.9 Å². The molecular formula is C13H21O3. The molecule has 1 atom stereocenters. The minimum absolute atomic E-state index is 0.388. The normalized spacial score (nSPS) is 21.1. The quantitative estimate of drug-likeness (QED) is 0.676. The SMILES string of the molecule is CCC([C]=O)(CC1CCCCC1)OC(C)=O. The molecule has 3 heteroatoms. The second kappa shape index (κ2) is 6.02. The van der Waals surface area contributed by atoms with Crippen molar-refractivity contribution in [2.24, 2.45) is 5.92 Å². The van der Waals surface area contributed by atoms with E-state index in [0.29, 0.717) is 18.8 Å². The Balaban J connectivity index is 2.60. The van der Waals surface area contributed by atoms with E-state index in [9.17, 15) is 9.59 Å². The summed E-state index contributed by atoms with van der Waals surface area (Å²) in [5.41, 5.74) is -0.992. The molecule has 0 aromatic heterocycles. The van der Waals surface area contributed by atoms with Gasteiger partial charge in [-0.3, -0.25) is 9.59 Å². The summed E-state index contributed by atoms with van der Waals surface area (Å²) in [6, 6.07) is 0. The Bertz CT molecular complexity index is 244. The van der Waals surface area contributed by atoms with Crippen molar-refractivity contribution in [3.05, 3.63) is 0 Å². The van der Waals surface area contributed by atoms with Gasteiger partial charge in [0.05, 0.1) is 0 Å². The second-order valence-electron chi connectivity index (χ2n) is 4.75. The van der Waals surface area contributed by atoms with Gasteiger partial charge in [-0.15, -0.1) is 0 Å². The fourth-order valence-electron chi connectivity index (χ4n) is 2.53. The summed E-state index contributed by atoms with van der Waals surface area (Å²) in [5.74, 6) is 0.121. The van der Waals surface area contributed by atoms with E-state index in [0.717, 1.165) is 12.8 Å². The van der Waals surface area contributed by atoms with Crippen molar-refractivity contribution < 1.29 is 14.3 Å². The molecule has 1 aliphatic carbocycles. The zero-order chi connectivity index (χ0) is 12.0. The molecule has 3 nitrogen and oxygen atoms in total. The van der Waals surface area contributed by atoms with Crippen molar-refractivity contribution >= 4 is 12.3 Å². The highest BCUT2D eigenvalue weighted by atomic mass is 16.6. The van der Waals surface area contributed by atoms with Gasteiger partial charge in [0.1, 0.15) is 0 Å². The third-order valence-electron chi connectivity index (χ3n) is 3.44. The lowest BCUT2D eigenvalue weighted by atomic mass is 9.80. The molecule has 1 saturated carbocycles. The van der Waals surface area contributed by atoms with Crippen molar-refractivity contribution in [3.8, 4) is 0 Å². The standard InChI is InChI=1S/C13H21O3/c1-3-13(10-14,16-11(2)15)9-12-7-5-4-6-8-12/h12H,3-9H2,1-2H3. The summed E-state index contributed by atoms with van der Waals surface area (Å²) in [6.07, 6.45) is 9.14. The lowest BCUT2D eigenvalue weighted by Crippen LogP contribution is -2.38. The van der Waals surface area contributed by atoms with Crippen LogP contribution in [0, 0.1) is 5.92 Å². The Kier molecular flexibility index (Phi) is 4.97. The van der Waals surface area contributed by atoms with Gasteiger partial charge >= 0.3 is 5.97 Å². The maximum absolute atomic E-state index is 11.1. The molecule has 0 aromatic carbocycles. The Morgan fingerprint density at radius 2 is 2.00 bits per heavy atom. The molecule has 91 valence electrons. The van der Waals surface area contributed by atoms with Crippen LogP contribution in [0.1, 0.15) is 58.8 Å². The average molecular weight is 225 g/mol. The summed E-state index contributed by atoms with van der Waals surface area (Å²) >= 11 is 0. The first kappa shape index (κ1) is 13.2. The monoisotopic (exact) mass is 225 g/mol. The van der Waals surface area contributed by atoms with Crippen LogP contribution in [0.3, 0.4) is 0 Å². The van der Waals surface area contributed by atoms with Crippen molar-refractivity contribution in [1.82, 2.24) is 0 Å². The first-order chi connectivity index (χ1) is 7.62. The third-order valence-corrected chi connectivity index (χ3v) is 3.44. The van der Waals surface area contributed by atoms with Crippen LogP contribution in [0.25, 0.3) is 0 Å². The molecular weight excluding hydrogens is 204 g/mol. The molecule has 1 rings (SSSR count). The van der Waals surface area contributed by atoms with Crippen molar-refractivity contribution in [1.29, 1.82) is 0 Å². The number of carbonyl (C=O) groups excluding carboxylic acids is 2. The van der Waals surface area contributed by atoms with E-state index in [4.69, 9.17) is 4.74 Å². The molecule has 0 aliphatic heterocycles. The predicted molar refractivity (Wildman–Crippen MR) is 61.7 cm³/mol. The highest BCUT2D eigenvalue weighted by Gasteiger charge is 2.35. The molecule has 0 saturated heterocycles. The topological polar surface area (TPSA) is 43.4 Å². The van der Waals surface area contributed by atoms with E-state index in [-0.39, 0.29) is 5.97 Å². The molecule has 1 radical (unpaired) electrons. The molecule has 1 aliphatic rings. The van der Waals surface area contributed by atoms with E-state index in [1.165, 1.54) is 26.2 Å². The Labute approximate surface area is 97.5 Å². The summed E-state index contributed by atoms with van der Waals surface area (Å²) in [6.45, 7) is 3.22. The van der Waals surface area contributed by atoms with Gasteiger partial charge in [-0.25, -0.2) is 0 Å². The Hall–Kier alpha value is -0.860. The first-order valence-corrected chi connectivity index (χ1v) is 6.21. The van der Waals surface area contributed by atoms with Gasteiger partial charge in [0.2, 0.25) is 6.29 Å². The molecule has 0 aromatic rings. The number of hydrogen-bond donors (Lipinski definition) is 0. The fourth-order valence-corrected chi connectivity index (χ4v) is 2.53. The van der Waals surface area contributed by atoms with E-state index < -0.39 is 5.60 Å². The zero-order valence-electron chi connectivity index (χ0n) is 10.3. The van der Waals surface area contributed by atoms with E-state index >= 15 is 0 Å². The fraction of sp³-hybridized carbons (Fsp3) is 0.846. The molecule has 0 amide bonds. The summed E-state index contributed by atoms with van der Waals surface area (Å²) < 4.78 is 5.18. The van der Waals surface area contributed by atoms with Crippen molar-refractivity contribution in [2.75, 3.05) is 0 Å². The molecule has 16 heavy (non-hydrogen) atoms. The van der Waals surface area contributed by atoms with Gasteiger partial charge in [-0.05, 0) is 18.8 Å². The summed E-state index contributed by atoms with van der Waals surface area (Å²) in [7, 11) is 0. The number of hydrogen-bond acceptors (Lipinski definition) is 3. The average Bonchev–Trinajstić information content (AvgIpc) is 2.29. The third kappa shape index (κ3) is 3.62. The van der Waals surface area contributed by atoms with Gasteiger partial charge in [0.15, 0.2) is 5.60 Å². The highest BCUT2D eigenvalue weighted by molar-refractivity contribution is 5.73. The van der Waals surface area contributed by atoms with Crippen molar-refractivity contribution in [3.63, 3.8) is 0 Å². The Morgan fingerprint density at radius 3 is 2.44 bits per heavy atom. The largest absolute Gasteiger partial charge is 0.451 e. The van der Waals surface area contributed by atoms with Crippen LogP contribution in [0.2, 0.25) is 0 Å². The highest BCUT2D eigenvalue weighted by Crippen LogP contribution is 2.33. The lowest BCUT2D eigenvalue weighted by molar-refractivity contribution is -0.152. The van der Waals surface area contributed by atoms with E-state index in [2.05, 4.69) is 0 Å². The summed E-state index contributed by atoms with van der Waals surface area (Å²) in [4.78, 5) is 22.1. The van der Waals surface area contributed by atoms with Crippen LogP contribution in [0.4, 0.5) is 0 Å². The van der Waals surface area contributed by atoms with Crippen LogP contribution < -0.4 is 0 Å². The van der Waals surface area contributed by atoms with Gasteiger partial charge in [0, 0.05) is 6.92 Å². The summed E-state index contributed by atoms with van der Waals surface area (Å²) in [5, 5.41) is 0. The van der Waals surface area contributed by atoms with Crippen LogP contribution >= 0.6 is 0 Å². The number of carbonyl (C=O) groups is 1. The van der Waals surface area contributed by atoms with Gasteiger partial charge in [0.25, 0.3) is 0 Å². The molecule has 0 bridgehead atoms. The minimum atomic E-state index is -0.992. The maximum Gasteiger partial charge on any atom is 0.303 e. The number of ether oxygens (including phenoxy) is 1. The predicted octanol–water partition coefficient (Wildman–Crippen LogP) is 2.78. The van der Waals surface area contributed by atoms with Crippen molar-refractivity contribution in [2.45, 2.75) is 64.4 Å². The van der Waals surface area contributed by atoms with Crippen LogP contribution in [-0.2, 0) is 14.3 Å². The van der Waals surface area contributed by atoms with Gasteiger partial charge in [-0.1, -0.05) is 39.0 Å². The smallest absolute Gasteiger partial charge is 0.303 e. The Morgan fingerprint density at radius 1 is 1.38 bits per heavy atom. The number of rotatable bonds is 5. The molecule has 0 heterocycles. The van der Waals surface area contributed by atoms with Crippen LogP contribution in [0.15, 0.2) is 0 Å². The first-order valence-electron chi connectivity index (χ1n) is 6.21. The van der Waals surface area contributed by atoms with E-state index in [1.807, 2.05) is 13.2 Å². The van der Waals surface area contributed by atoms with Gasteiger partial charge in [-0.2, -0.15) is 0 Å². The molecule has 1 fully saturated rings. The number of esters is 1. The van der Waals surface area contributed by atoms with Gasteiger partial charge < -0.3 is 4.74 Å². The van der Waals surface area contributed by atoms with Crippen LogP contribution in [0.5, 0.6) is 0 Å². The molecule has 1 unspecified atom stereocenters. The maximum atomic E-state index is 11.1. The van der Waals surface area contributed by atoms with E-state index in [1.54, 1.807) is 0 Å². The zero-order valence-corrected chi connectivity index (χ0v) is 10.3. The molecule has 0 N–H and O–H groups in total. The molecule has 0 spiro atoms. The minimum Gasteiger partial charge on any atom is -0.451 e. The lowest BCUT2D eigenvalue weighted by Gasteiger charge is -2.31. The second-order valence-corrected chi connectivity index (χ2v) is 4.75.